The lowest BCUT2D eigenvalue weighted by Crippen LogP contribution is -2.52. The molecule has 3 unspecified atom stereocenters. The fourth-order valence-electron chi connectivity index (χ4n) is 2.13. The van der Waals surface area contributed by atoms with E-state index in [-0.39, 0.29) is 11.9 Å². The van der Waals surface area contributed by atoms with Gasteiger partial charge in [0.25, 0.3) is 0 Å². The molecule has 0 aromatic heterocycles. The number of alkyl halides is 2. The number of hydrogen-bond acceptors (Lipinski definition) is 4. The number of carbonyl (C=O) groups is 1. The fraction of sp³-hybridized carbons (Fsp3) is 0.462. The molecular weight excluding hydrogens is 272 g/mol. The van der Waals surface area contributed by atoms with Crippen molar-refractivity contribution in [1.82, 2.24) is 5.32 Å². The van der Waals surface area contributed by atoms with E-state index in [1.165, 1.54) is 12.1 Å². The smallest absolute Gasteiger partial charge is 0.387 e. The van der Waals surface area contributed by atoms with Gasteiger partial charge in [-0.25, -0.2) is 0 Å². The highest BCUT2D eigenvalue weighted by molar-refractivity contribution is 5.74. The number of nitrogens with one attached hydrogen (secondary N) is 1. The first kappa shape index (κ1) is 14.7. The molecule has 1 aromatic rings. The Balaban J connectivity index is 2.01. The van der Waals surface area contributed by atoms with Crippen molar-refractivity contribution in [2.45, 2.75) is 31.8 Å². The maximum atomic E-state index is 12.0. The molecule has 1 aliphatic rings. The Hall–Kier alpha value is -1.73. The van der Waals surface area contributed by atoms with Crippen LogP contribution in [0.5, 0.6) is 5.75 Å². The quantitative estimate of drug-likeness (QED) is 0.883. The van der Waals surface area contributed by atoms with Crippen LogP contribution in [0.1, 0.15) is 18.6 Å². The van der Waals surface area contributed by atoms with Gasteiger partial charge in [0.05, 0.1) is 12.2 Å². The maximum absolute atomic E-state index is 12.0. The Bertz CT molecular complexity index is 466. The van der Waals surface area contributed by atoms with Gasteiger partial charge in [-0.15, -0.1) is 0 Å². The van der Waals surface area contributed by atoms with E-state index in [1.54, 1.807) is 19.1 Å². The molecule has 1 aromatic carbocycles. The van der Waals surface area contributed by atoms with Crippen LogP contribution in [0.15, 0.2) is 24.3 Å². The number of hydrogen-bond donors (Lipinski definition) is 2. The summed E-state index contributed by atoms with van der Waals surface area (Å²) in [7, 11) is 0. The average Bonchev–Trinajstić information content (AvgIpc) is 2.38. The van der Waals surface area contributed by atoms with E-state index >= 15 is 0 Å². The van der Waals surface area contributed by atoms with Gasteiger partial charge in [0.1, 0.15) is 11.8 Å². The van der Waals surface area contributed by atoms with Gasteiger partial charge in [-0.3, -0.25) is 10.1 Å². The van der Waals surface area contributed by atoms with Crippen molar-refractivity contribution in [2.75, 3.05) is 6.54 Å². The molecule has 2 rings (SSSR count). The van der Waals surface area contributed by atoms with Crippen LogP contribution < -0.4 is 10.1 Å². The minimum atomic E-state index is -2.86. The van der Waals surface area contributed by atoms with Crippen molar-refractivity contribution in [3.05, 3.63) is 29.8 Å². The van der Waals surface area contributed by atoms with E-state index in [1.807, 2.05) is 0 Å². The Labute approximate surface area is 114 Å². The van der Waals surface area contributed by atoms with Gasteiger partial charge in [-0.1, -0.05) is 12.1 Å². The highest BCUT2D eigenvalue weighted by Crippen LogP contribution is 2.25. The van der Waals surface area contributed by atoms with Gasteiger partial charge in [-0.2, -0.15) is 8.78 Å². The molecule has 1 fully saturated rings. The van der Waals surface area contributed by atoms with Gasteiger partial charge in [-0.05, 0) is 24.6 Å². The molecule has 1 aliphatic heterocycles. The average molecular weight is 287 g/mol. The van der Waals surface area contributed by atoms with Crippen molar-refractivity contribution < 1.29 is 28.2 Å². The second-order valence-corrected chi connectivity index (χ2v) is 4.50. The van der Waals surface area contributed by atoms with Crippen LogP contribution >= 0.6 is 0 Å². The Morgan fingerprint density at radius 2 is 2.10 bits per heavy atom. The maximum Gasteiger partial charge on any atom is 0.387 e. The lowest BCUT2D eigenvalue weighted by Gasteiger charge is -2.33. The largest absolute Gasteiger partial charge is 0.480 e. The molecular formula is C13H15F2NO4. The summed E-state index contributed by atoms with van der Waals surface area (Å²) in [6, 6.07) is 5.36. The van der Waals surface area contributed by atoms with Crippen LogP contribution in [-0.4, -0.2) is 36.4 Å². The highest BCUT2D eigenvalue weighted by atomic mass is 19.3. The van der Waals surface area contributed by atoms with Gasteiger partial charge in [0.15, 0.2) is 0 Å². The molecule has 0 bridgehead atoms. The Morgan fingerprint density at radius 1 is 1.45 bits per heavy atom. The third kappa shape index (κ3) is 3.43. The first-order chi connectivity index (χ1) is 9.47. The molecule has 5 nitrogen and oxygen atoms in total. The van der Waals surface area contributed by atoms with Crippen LogP contribution in [0.25, 0.3) is 0 Å². The topological polar surface area (TPSA) is 67.8 Å². The van der Waals surface area contributed by atoms with Crippen LogP contribution in [-0.2, 0) is 9.53 Å². The predicted octanol–water partition coefficient (Wildman–Crippen LogP) is 1.79. The zero-order valence-corrected chi connectivity index (χ0v) is 10.8. The number of carboxylic acids is 1. The number of halogens is 2. The summed E-state index contributed by atoms with van der Waals surface area (Å²) < 4.78 is 34.0. The molecule has 20 heavy (non-hydrogen) atoms. The minimum Gasteiger partial charge on any atom is -0.480 e. The highest BCUT2D eigenvalue weighted by Gasteiger charge is 2.33. The number of benzene rings is 1. The normalized spacial score (nSPS) is 26.5. The van der Waals surface area contributed by atoms with Crippen molar-refractivity contribution >= 4 is 5.97 Å². The summed E-state index contributed by atoms with van der Waals surface area (Å²) in [5.74, 6) is -0.888. The molecule has 3 atom stereocenters. The van der Waals surface area contributed by atoms with Crippen LogP contribution in [0.3, 0.4) is 0 Å². The number of carboxylic acid groups (broad SMARTS) is 1. The number of ether oxygens (including phenoxy) is 2. The second-order valence-electron chi connectivity index (χ2n) is 4.50. The molecule has 7 heteroatoms. The van der Waals surface area contributed by atoms with E-state index in [2.05, 4.69) is 10.1 Å². The molecule has 0 saturated carbocycles. The molecule has 2 N–H and O–H groups in total. The van der Waals surface area contributed by atoms with Gasteiger partial charge in [0, 0.05) is 6.54 Å². The molecule has 1 heterocycles. The predicted molar refractivity (Wildman–Crippen MR) is 65.8 cm³/mol. The third-order valence-corrected chi connectivity index (χ3v) is 3.11. The van der Waals surface area contributed by atoms with Crippen molar-refractivity contribution in [3.63, 3.8) is 0 Å². The van der Waals surface area contributed by atoms with Crippen LogP contribution in [0.4, 0.5) is 8.78 Å². The lowest BCUT2D eigenvalue weighted by atomic mass is 10.0. The summed E-state index contributed by atoms with van der Waals surface area (Å²) in [5.41, 5.74) is 0.773. The SMILES string of the molecule is CC1OC(c2ccc(OC(F)F)cc2)CNC1C(=O)O. The summed E-state index contributed by atoms with van der Waals surface area (Å²) in [5, 5.41) is 11.8. The van der Waals surface area contributed by atoms with Gasteiger partial charge >= 0.3 is 12.6 Å². The molecule has 0 spiro atoms. The van der Waals surface area contributed by atoms with Gasteiger partial charge < -0.3 is 14.6 Å². The molecule has 0 aliphatic carbocycles. The zero-order chi connectivity index (χ0) is 14.7. The lowest BCUT2D eigenvalue weighted by molar-refractivity contribution is -0.149. The van der Waals surface area contributed by atoms with E-state index in [4.69, 9.17) is 9.84 Å². The first-order valence-electron chi connectivity index (χ1n) is 6.14. The second kappa shape index (κ2) is 6.15. The first-order valence-corrected chi connectivity index (χ1v) is 6.14. The minimum absolute atomic E-state index is 0.0731. The van der Waals surface area contributed by atoms with Crippen molar-refractivity contribution in [2.24, 2.45) is 0 Å². The summed E-state index contributed by atoms with van der Waals surface area (Å²) in [6.07, 6.45) is -0.801. The molecule has 1 saturated heterocycles. The van der Waals surface area contributed by atoms with E-state index in [0.29, 0.717) is 6.54 Å². The molecule has 0 amide bonds. The van der Waals surface area contributed by atoms with Gasteiger partial charge in [0.2, 0.25) is 0 Å². The summed E-state index contributed by atoms with van der Waals surface area (Å²) >= 11 is 0. The Morgan fingerprint density at radius 3 is 2.60 bits per heavy atom. The van der Waals surface area contributed by atoms with E-state index in [0.717, 1.165) is 5.56 Å². The van der Waals surface area contributed by atoms with Crippen LogP contribution in [0.2, 0.25) is 0 Å². The molecule has 0 radical (unpaired) electrons. The number of morpholine rings is 1. The summed E-state index contributed by atoms with van der Waals surface area (Å²) in [6.45, 7) is -0.840. The summed E-state index contributed by atoms with van der Waals surface area (Å²) in [4.78, 5) is 10.9. The van der Waals surface area contributed by atoms with Crippen LogP contribution in [0, 0.1) is 0 Å². The molecule has 110 valence electrons. The standard InChI is InChI=1S/C13H15F2NO4/c1-7-11(12(17)18)16-6-10(19-7)8-2-4-9(5-3-8)20-13(14)15/h2-5,7,10-11,13,16H,6H2,1H3,(H,17,18). The Kier molecular flexibility index (Phi) is 4.51. The zero-order valence-electron chi connectivity index (χ0n) is 10.8. The third-order valence-electron chi connectivity index (χ3n) is 3.11. The fourth-order valence-corrected chi connectivity index (χ4v) is 2.13. The number of aliphatic carboxylic acids is 1. The monoisotopic (exact) mass is 287 g/mol. The van der Waals surface area contributed by atoms with Crippen molar-refractivity contribution in [3.8, 4) is 5.75 Å². The van der Waals surface area contributed by atoms with E-state index in [9.17, 15) is 13.6 Å². The van der Waals surface area contributed by atoms with Crippen molar-refractivity contribution in [1.29, 1.82) is 0 Å². The number of rotatable bonds is 4. The van der Waals surface area contributed by atoms with E-state index < -0.39 is 24.7 Å².